The highest BCUT2D eigenvalue weighted by atomic mass is 19.4. The van der Waals surface area contributed by atoms with Crippen molar-refractivity contribution in [3.8, 4) is 17.8 Å². The van der Waals surface area contributed by atoms with Crippen LogP contribution < -0.4 is 19.5 Å². The van der Waals surface area contributed by atoms with E-state index in [0.717, 1.165) is 0 Å². The van der Waals surface area contributed by atoms with Gasteiger partial charge in [0.15, 0.2) is 13.2 Å². The van der Waals surface area contributed by atoms with E-state index in [-0.39, 0.29) is 5.95 Å². The molecule has 0 amide bonds. The highest BCUT2D eigenvalue weighted by Crippen LogP contribution is 2.23. The van der Waals surface area contributed by atoms with Crippen molar-refractivity contribution in [2.24, 2.45) is 0 Å². The van der Waals surface area contributed by atoms with Crippen LogP contribution in [0, 0.1) is 0 Å². The second-order valence-corrected chi connectivity index (χ2v) is 4.89. The monoisotopic (exact) mass is 398 g/mol. The number of hydrogen-bond acceptors (Lipinski definition) is 7. The number of nitrogens with one attached hydrogen (secondary N) is 1. The second kappa shape index (κ2) is 8.14. The van der Waals surface area contributed by atoms with Crippen molar-refractivity contribution in [3.63, 3.8) is 0 Å². The van der Waals surface area contributed by atoms with Gasteiger partial charge in [-0.3, -0.25) is 0 Å². The third-order valence-electron chi connectivity index (χ3n) is 2.67. The van der Waals surface area contributed by atoms with Crippen molar-refractivity contribution in [2.45, 2.75) is 12.4 Å². The van der Waals surface area contributed by atoms with Crippen molar-refractivity contribution in [1.29, 1.82) is 0 Å². The molecular weight excluding hydrogens is 386 g/mol. The third kappa shape index (κ3) is 7.42. The number of hydrogen-bond donors (Lipinski definition) is 1. The Bertz CT molecular complexity index is 716. The van der Waals surface area contributed by atoms with Gasteiger partial charge in [0.1, 0.15) is 5.75 Å². The molecule has 0 aliphatic rings. The zero-order valence-corrected chi connectivity index (χ0v) is 13.6. The Morgan fingerprint density at radius 3 is 1.70 bits per heavy atom. The van der Waals surface area contributed by atoms with Crippen LogP contribution in [0.2, 0.25) is 0 Å². The summed E-state index contributed by atoms with van der Waals surface area (Å²) in [7, 11) is 1.45. The average molecular weight is 398 g/mol. The van der Waals surface area contributed by atoms with Gasteiger partial charge in [0.25, 0.3) is 0 Å². The number of methoxy groups -OCH3 is 1. The van der Waals surface area contributed by atoms with Crippen LogP contribution in [-0.4, -0.2) is 47.6 Å². The van der Waals surface area contributed by atoms with Crippen molar-refractivity contribution >= 4 is 11.6 Å². The maximum Gasteiger partial charge on any atom is 0.422 e. The van der Waals surface area contributed by atoms with Gasteiger partial charge in [-0.25, -0.2) is 0 Å². The first-order chi connectivity index (χ1) is 12.5. The fraction of sp³-hybridized carbons (Fsp3) is 0.357. The number of rotatable bonds is 7. The zero-order chi connectivity index (χ0) is 20.1. The summed E-state index contributed by atoms with van der Waals surface area (Å²) in [6, 6.07) is 4.47. The van der Waals surface area contributed by atoms with Crippen molar-refractivity contribution in [1.82, 2.24) is 15.0 Å². The smallest absolute Gasteiger partial charge is 0.422 e. The van der Waals surface area contributed by atoms with Crippen LogP contribution >= 0.6 is 0 Å². The minimum Gasteiger partial charge on any atom is -0.497 e. The summed E-state index contributed by atoms with van der Waals surface area (Å²) in [6.45, 7) is -3.48. The predicted molar refractivity (Wildman–Crippen MR) is 79.2 cm³/mol. The Balaban J connectivity index is 2.21. The Morgan fingerprint density at radius 1 is 0.815 bits per heavy atom. The number of halogens is 6. The first kappa shape index (κ1) is 20.3. The number of alkyl halides is 6. The molecule has 0 spiro atoms. The fourth-order valence-electron chi connectivity index (χ4n) is 1.62. The summed E-state index contributed by atoms with van der Waals surface area (Å²) in [6.07, 6.45) is -9.38. The van der Waals surface area contributed by atoms with E-state index in [0.29, 0.717) is 11.4 Å². The van der Waals surface area contributed by atoms with Crippen molar-refractivity contribution in [3.05, 3.63) is 24.3 Å². The molecule has 0 saturated heterocycles. The molecule has 0 aliphatic carbocycles. The van der Waals surface area contributed by atoms with Crippen molar-refractivity contribution in [2.75, 3.05) is 25.6 Å². The summed E-state index contributed by atoms with van der Waals surface area (Å²) in [4.78, 5) is 10.4. The summed E-state index contributed by atoms with van der Waals surface area (Å²) >= 11 is 0. The molecule has 1 aromatic heterocycles. The second-order valence-electron chi connectivity index (χ2n) is 4.89. The van der Waals surface area contributed by atoms with Crippen LogP contribution in [0.5, 0.6) is 17.8 Å². The first-order valence-electron chi connectivity index (χ1n) is 7.10. The van der Waals surface area contributed by atoms with Gasteiger partial charge in [-0.1, -0.05) is 0 Å². The SMILES string of the molecule is COc1ccc(Nc2nc(OCC(F)(F)F)nc(OCC(F)(F)F)n2)cc1. The molecule has 0 aliphatic heterocycles. The summed E-state index contributed by atoms with van der Waals surface area (Å²) in [5.41, 5.74) is 0.380. The molecule has 7 nitrogen and oxygen atoms in total. The minimum atomic E-state index is -4.69. The fourth-order valence-corrected chi connectivity index (χ4v) is 1.62. The van der Waals surface area contributed by atoms with E-state index in [4.69, 9.17) is 4.74 Å². The topological polar surface area (TPSA) is 78.4 Å². The lowest BCUT2D eigenvalue weighted by Gasteiger charge is -2.12. The van der Waals surface area contributed by atoms with Crippen LogP contribution in [-0.2, 0) is 0 Å². The standard InChI is InChI=1S/C14H12F6N4O3/c1-25-9-4-2-8(3-5-9)21-10-22-11(26-6-13(15,16)17)24-12(23-10)27-7-14(18,19)20/h2-5H,6-7H2,1H3,(H,21,22,23,24). The summed E-state index contributed by atoms with van der Waals surface area (Å²) in [5.74, 6) is 0.157. The van der Waals surface area contributed by atoms with Gasteiger partial charge in [0, 0.05) is 5.69 Å². The Labute approximate surface area is 148 Å². The molecule has 1 heterocycles. The molecule has 1 N–H and O–H groups in total. The molecule has 13 heteroatoms. The van der Waals surface area contributed by atoms with Gasteiger partial charge < -0.3 is 19.5 Å². The molecule has 2 rings (SSSR count). The van der Waals surface area contributed by atoms with E-state index in [2.05, 4.69) is 29.7 Å². The van der Waals surface area contributed by atoms with E-state index >= 15 is 0 Å². The average Bonchev–Trinajstić information content (AvgIpc) is 2.58. The Morgan fingerprint density at radius 2 is 1.30 bits per heavy atom. The lowest BCUT2D eigenvalue weighted by Crippen LogP contribution is -2.22. The van der Waals surface area contributed by atoms with Crippen LogP contribution in [0.4, 0.5) is 38.0 Å². The molecule has 0 atom stereocenters. The summed E-state index contributed by atoms with van der Waals surface area (Å²) in [5, 5.41) is 2.59. The lowest BCUT2D eigenvalue weighted by molar-refractivity contribution is -0.156. The van der Waals surface area contributed by atoms with E-state index in [9.17, 15) is 26.3 Å². The van der Waals surface area contributed by atoms with Crippen molar-refractivity contribution < 1.29 is 40.6 Å². The maximum atomic E-state index is 12.3. The number of aromatic nitrogens is 3. The number of ether oxygens (including phenoxy) is 3. The van der Waals surface area contributed by atoms with Crippen LogP contribution in [0.25, 0.3) is 0 Å². The molecule has 1 aromatic carbocycles. The van der Waals surface area contributed by atoms with Gasteiger partial charge in [-0.15, -0.1) is 4.98 Å². The number of anilines is 2. The van der Waals surface area contributed by atoms with Gasteiger partial charge in [-0.2, -0.15) is 36.3 Å². The van der Waals surface area contributed by atoms with Crippen LogP contribution in [0.3, 0.4) is 0 Å². The van der Waals surface area contributed by atoms with Crippen LogP contribution in [0.1, 0.15) is 0 Å². The lowest BCUT2D eigenvalue weighted by atomic mass is 10.3. The number of nitrogens with zero attached hydrogens (tertiary/aromatic N) is 3. The molecule has 148 valence electrons. The van der Waals surface area contributed by atoms with Crippen LogP contribution in [0.15, 0.2) is 24.3 Å². The molecule has 0 saturated carbocycles. The molecule has 2 aromatic rings. The predicted octanol–water partition coefficient (Wildman–Crippen LogP) is 3.51. The van der Waals surface area contributed by atoms with Gasteiger partial charge in [0.05, 0.1) is 7.11 Å². The summed E-state index contributed by atoms with van der Waals surface area (Å²) < 4.78 is 87.2. The van der Waals surface area contributed by atoms with E-state index in [1.165, 1.54) is 19.2 Å². The highest BCUT2D eigenvalue weighted by molar-refractivity contribution is 5.54. The molecule has 0 fully saturated rings. The molecule has 0 unspecified atom stereocenters. The normalized spacial score (nSPS) is 11.8. The van der Waals surface area contributed by atoms with Gasteiger partial charge in [0.2, 0.25) is 5.95 Å². The van der Waals surface area contributed by atoms with Gasteiger partial charge in [-0.05, 0) is 24.3 Å². The molecule has 0 bridgehead atoms. The first-order valence-corrected chi connectivity index (χ1v) is 7.10. The van der Waals surface area contributed by atoms with Gasteiger partial charge >= 0.3 is 24.4 Å². The third-order valence-corrected chi connectivity index (χ3v) is 2.67. The molecule has 27 heavy (non-hydrogen) atoms. The minimum absolute atomic E-state index is 0.371. The maximum absolute atomic E-state index is 12.3. The number of benzene rings is 1. The largest absolute Gasteiger partial charge is 0.497 e. The van der Waals surface area contributed by atoms with E-state index in [1.807, 2.05) is 0 Å². The highest BCUT2D eigenvalue weighted by Gasteiger charge is 2.31. The molecular formula is C14H12F6N4O3. The van der Waals surface area contributed by atoms with E-state index < -0.39 is 37.6 Å². The van der Waals surface area contributed by atoms with E-state index in [1.54, 1.807) is 12.1 Å². The quantitative estimate of drug-likeness (QED) is 0.715. The molecule has 0 radical (unpaired) electrons. The zero-order valence-electron chi connectivity index (χ0n) is 13.6. The Hall–Kier alpha value is -2.99. The Kier molecular flexibility index (Phi) is 6.13.